The van der Waals surface area contributed by atoms with Crippen LogP contribution < -0.4 is 5.32 Å². The molecule has 0 aliphatic carbocycles. The molecule has 0 atom stereocenters. The summed E-state index contributed by atoms with van der Waals surface area (Å²) in [6.45, 7) is 7.06. The zero-order chi connectivity index (χ0) is 19.5. The van der Waals surface area contributed by atoms with Gasteiger partial charge in [-0.3, -0.25) is 24.1 Å². The number of rotatable bonds is 7. The van der Waals surface area contributed by atoms with Gasteiger partial charge < -0.3 is 10.1 Å². The van der Waals surface area contributed by atoms with Crippen molar-refractivity contribution < 1.29 is 23.9 Å². The van der Waals surface area contributed by atoms with Crippen molar-refractivity contribution in [3.8, 4) is 0 Å². The van der Waals surface area contributed by atoms with Crippen molar-refractivity contribution in [1.29, 1.82) is 0 Å². The minimum atomic E-state index is -0.637. The molecule has 1 aromatic rings. The average molecular weight is 360 g/mol. The summed E-state index contributed by atoms with van der Waals surface area (Å²) in [6.07, 6.45) is 0.584. The molecule has 0 spiro atoms. The number of fused-ring (bicyclic) bond motifs is 1. The van der Waals surface area contributed by atoms with E-state index in [1.54, 1.807) is 18.2 Å². The Labute approximate surface area is 152 Å². The predicted molar refractivity (Wildman–Crippen MR) is 94.6 cm³/mol. The lowest BCUT2D eigenvalue weighted by atomic mass is 10.0. The molecular formula is C19H24N2O5. The highest BCUT2D eigenvalue weighted by atomic mass is 16.5. The van der Waals surface area contributed by atoms with E-state index >= 15 is 0 Å². The number of aryl methyl sites for hydroxylation is 1. The molecule has 7 heteroatoms. The summed E-state index contributed by atoms with van der Waals surface area (Å²) < 4.78 is 4.92. The van der Waals surface area contributed by atoms with Crippen LogP contribution in [-0.2, 0) is 14.3 Å². The molecule has 0 aromatic heterocycles. The van der Waals surface area contributed by atoms with Gasteiger partial charge >= 0.3 is 5.97 Å². The van der Waals surface area contributed by atoms with Crippen molar-refractivity contribution in [1.82, 2.24) is 10.2 Å². The van der Waals surface area contributed by atoms with Crippen molar-refractivity contribution in [3.63, 3.8) is 0 Å². The third kappa shape index (κ3) is 4.47. The molecular weight excluding hydrogens is 336 g/mol. The molecule has 1 aromatic carbocycles. The van der Waals surface area contributed by atoms with E-state index in [2.05, 4.69) is 5.32 Å². The van der Waals surface area contributed by atoms with Crippen LogP contribution in [0.15, 0.2) is 18.2 Å². The van der Waals surface area contributed by atoms with E-state index in [-0.39, 0.29) is 31.0 Å². The van der Waals surface area contributed by atoms with Crippen LogP contribution in [0.1, 0.15) is 59.9 Å². The summed E-state index contributed by atoms with van der Waals surface area (Å²) in [5, 5.41) is 2.75. The van der Waals surface area contributed by atoms with E-state index in [9.17, 15) is 19.2 Å². The van der Waals surface area contributed by atoms with Gasteiger partial charge in [0, 0.05) is 12.1 Å². The van der Waals surface area contributed by atoms with Gasteiger partial charge in [0.1, 0.15) is 0 Å². The van der Waals surface area contributed by atoms with E-state index in [1.807, 2.05) is 27.7 Å². The molecule has 1 heterocycles. The smallest absolute Gasteiger partial charge is 0.308 e. The second-order valence-electron chi connectivity index (χ2n) is 7.01. The number of nitrogens with zero attached hydrogens (tertiary/aromatic N) is 1. The van der Waals surface area contributed by atoms with Gasteiger partial charge in [-0.2, -0.15) is 0 Å². The Balaban J connectivity index is 1.84. The third-order valence-electron chi connectivity index (χ3n) is 4.39. The monoisotopic (exact) mass is 360 g/mol. The molecule has 0 radical (unpaired) electrons. The average Bonchev–Trinajstić information content (AvgIpc) is 2.81. The van der Waals surface area contributed by atoms with E-state index in [1.165, 1.54) is 0 Å². The van der Waals surface area contributed by atoms with Crippen LogP contribution in [0.2, 0.25) is 0 Å². The molecule has 1 aliphatic rings. The lowest BCUT2D eigenvalue weighted by molar-refractivity contribution is -0.149. The highest BCUT2D eigenvalue weighted by molar-refractivity contribution is 6.21. The van der Waals surface area contributed by atoms with Crippen LogP contribution in [-0.4, -0.2) is 47.3 Å². The van der Waals surface area contributed by atoms with E-state index in [0.29, 0.717) is 11.1 Å². The molecule has 0 unspecified atom stereocenters. The molecule has 0 saturated carbocycles. The minimum absolute atomic E-state index is 0.0771. The van der Waals surface area contributed by atoms with Gasteiger partial charge in [0.15, 0.2) is 6.61 Å². The molecule has 3 amide bonds. The highest BCUT2D eigenvalue weighted by Gasteiger charge is 2.35. The molecule has 1 aliphatic heterocycles. The van der Waals surface area contributed by atoms with Crippen LogP contribution in [0.3, 0.4) is 0 Å². The first-order valence-corrected chi connectivity index (χ1v) is 8.58. The standard InChI is InChI=1S/C19H24N2O5/c1-5-19(3,4)20-15(22)11-26-16(23)8-9-21-17(24)13-7-6-12(2)10-14(13)18(21)25/h6-7,10H,5,8-9,11H2,1-4H3,(H,20,22). The predicted octanol–water partition coefficient (Wildman–Crippen LogP) is 1.83. The Morgan fingerprint density at radius 3 is 2.46 bits per heavy atom. The lowest BCUT2D eigenvalue weighted by Gasteiger charge is -2.24. The zero-order valence-electron chi connectivity index (χ0n) is 15.5. The second kappa shape index (κ2) is 7.68. The number of imide groups is 1. The molecule has 2 rings (SSSR count). The molecule has 0 saturated heterocycles. The Morgan fingerprint density at radius 1 is 1.15 bits per heavy atom. The molecule has 0 bridgehead atoms. The summed E-state index contributed by atoms with van der Waals surface area (Å²) in [7, 11) is 0. The van der Waals surface area contributed by atoms with Crippen LogP contribution in [0.5, 0.6) is 0 Å². The fraction of sp³-hybridized carbons (Fsp3) is 0.474. The lowest BCUT2D eigenvalue weighted by Crippen LogP contribution is -2.44. The number of carbonyl (C=O) groups is 4. The van der Waals surface area contributed by atoms with Gasteiger partial charge in [0.25, 0.3) is 17.7 Å². The fourth-order valence-electron chi connectivity index (χ4n) is 2.53. The maximum absolute atomic E-state index is 12.3. The molecule has 7 nitrogen and oxygen atoms in total. The van der Waals surface area contributed by atoms with Crippen LogP contribution in [0, 0.1) is 6.92 Å². The van der Waals surface area contributed by atoms with Crippen molar-refractivity contribution in [2.24, 2.45) is 0 Å². The Hall–Kier alpha value is -2.70. The first kappa shape index (κ1) is 19.6. The summed E-state index contributed by atoms with van der Waals surface area (Å²) >= 11 is 0. The first-order chi connectivity index (χ1) is 12.1. The third-order valence-corrected chi connectivity index (χ3v) is 4.39. The van der Waals surface area contributed by atoms with Crippen LogP contribution in [0.4, 0.5) is 0 Å². The molecule has 1 N–H and O–H groups in total. The SMILES string of the molecule is CCC(C)(C)NC(=O)COC(=O)CCN1C(=O)c2ccc(C)cc2C1=O. The maximum atomic E-state index is 12.3. The van der Waals surface area contributed by atoms with Gasteiger partial charge in [-0.1, -0.05) is 18.6 Å². The topological polar surface area (TPSA) is 92.8 Å². The van der Waals surface area contributed by atoms with Crippen molar-refractivity contribution in [2.45, 2.75) is 46.1 Å². The van der Waals surface area contributed by atoms with E-state index in [4.69, 9.17) is 4.74 Å². The number of benzene rings is 1. The number of nitrogens with one attached hydrogen (secondary N) is 1. The first-order valence-electron chi connectivity index (χ1n) is 8.58. The molecule has 140 valence electrons. The van der Waals surface area contributed by atoms with Crippen LogP contribution in [0.25, 0.3) is 0 Å². The minimum Gasteiger partial charge on any atom is -0.456 e. The van der Waals surface area contributed by atoms with Crippen LogP contribution >= 0.6 is 0 Å². The van der Waals surface area contributed by atoms with Gasteiger partial charge in [0.2, 0.25) is 0 Å². The summed E-state index contributed by atoms with van der Waals surface area (Å²) in [6, 6.07) is 5.04. The van der Waals surface area contributed by atoms with E-state index < -0.39 is 17.8 Å². The molecule has 0 fully saturated rings. The van der Waals surface area contributed by atoms with Gasteiger partial charge in [-0.05, 0) is 39.3 Å². The normalized spacial score (nSPS) is 13.6. The molecule has 26 heavy (non-hydrogen) atoms. The van der Waals surface area contributed by atoms with Crippen molar-refractivity contribution >= 4 is 23.7 Å². The zero-order valence-corrected chi connectivity index (χ0v) is 15.5. The number of hydrogen-bond acceptors (Lipinski definition) is 5. The number of amides is 3. The summed E-state index contributed by atoms with van der Waals surface area (Å²) in [4.78, 5) is 49.2. The van der Waals surface area contributed by atoms with Crippen molar-refractivity contribution in [2.75, 3.05) is 13.2 Å². The Bertz CT molecular complexity index is 754. The quantitative estimate of drug-likeness (QED) is 0.591. The maximum Gasteiger partial charge on any atom is 0.308 e. The Morgan fingerprint density at radius 2 is 1.81 bits per heavy atom. The highest BCUT2D eigenvalue weighted by Crippen LogP contribution is 2.23. The second-order valence-corrected chi connectivity index (χ2v) is 7.01. The number of ether oxygens (including phenoxy) is 1. The van der Waals surface area contributed by atoms with Gasteiger partial charge in [-0.25, -0.2) is 0 Å². The summed E-state index contributed by atoms with van der Waals surface area (Å²) in [5.41, 5.74) is 1.20. The van der Waals surface area contributed by atoms with Gasteiger partial charge in [-0.15, -0.1) is 0 Å². The van der Waals surface area contributed by atoms with Crippen molar-refractivity contribution in [3.05, 3.63) is 34.9 Å². The van der Waals surface area contributed by atoms with Gasteiger partial charge in [0.05, 0.1) is 17.5 Å². The number of carbonyl (C=O) groups excluding carboxylic acids is 4. The summed E-state index contributed by atoms with van der Waals surface area (Å²) in [5.74, 6) is -1.85. The largest absolute Gasteiger partial charge is 0.456 e. The Kier molecular flexibility index (Phi) is 5.79. The number of esters is 1. The number of hydrogen-bond donors (Lipinski definition) is 1. The fourth-order valence-corrected chi connectivity index (χ4v) is 2.53. The van der Waals surface area contributed by atoms with E-state index in [0.717, 1.165) is 16.9 Å².